The highest BCUT2D eigenvalue weighted by Gasteiger charge is 2.03. The monoisotopic (exact) mass is 353 g/mol. The van der Waals surface area contributed by atoms with Crippen LogP contribution in [-0.2, 0) is 6.54 Å². The van der Waals surface area contributed by atoms with E-state index in [9.17, 15) is 0 Å². The van der Waals surface area contributed by atoms with Crippen LogP contribution in [0.5, 0.6) is 0 Å². The van der Waals surface area contributed by atoms with Gasteiger partial charge in [0.1, 0.15) is 0 Å². The van der Waals surface area contributed by atoms with Gasteiger partial charge < -0.3 is 5.32 Å². The van der Waals surface area contributed by atoms with Crippen molar-refractivity contribution in [2.75, 3.05) is 5.32 Å². The van der Waals surface area contributed by atoms with E-state index in [0.717, 1.165) is 20.1 Å². The Morgan fingerprint density at radius 1 is 1.36 bits per heavy atom. The van der Waals surface area contributed by atoms with Gasteiger partial charge in [0.05, 0.1) is 6.54 Å². The zero-order valence-electron chi connectivity index (χ0n) is 6.83. The molecule has 0 radical (unpaired) electrons. The molecule has 0 spiro atoms. The molecule has 0 fully saturated rings. The van der Waals surface area contributed by atoms with Crippen LogP contribution < -0.4 is 5.32 Å². The molecule has 2 rings (SSSR count). The summed E-state index contributed by atoms with van der Waals surface area (Å²) in [5, 5.41) is 13.9. The molecule has 0 unspecified atom stereocenters. The van der Waals surface area contributed by atoms with Gasteiger partial charge in [-0.25, -0.2) is 0 Å². The quantitative estimate of drug-likeness (QED) is 0.912. The molecule has 7 heteroatoms. The van der Waals surface area contributed by atoms with E-state index in [-0.39, 0.29) is 0 Å². The van der Waals surface area contributed by atoms with Crippen LogP contribution >= 0.6 is 54.5 Å². The number of nitrogens with zero attached hydrogens (tertiary/aromatic N) is 2. The molecule has 0 aliphatic rings. The average molecular weight is 355 g/mol. The first-order valence-corrected chi connectivity index (χ1v) is 6.98. The van der Waals surface area contributed by atoms with E-state index in [1.165, 1.54) is 16.2 Å². The minimum absolute atomic E-state index is 0.778. The minimum Gasteiger partial charge on any atom is -0.355 e. The zero-order valence-corrected chi connectivity index (χ0v) is 11.6. The maximum Gasteiger partial charge on any atom is 0.206 e. The molecule has 2 aromatic heterocycles. The van der Waals surface area contributed by atoms with Crippen molar-refractivity contribution in [2.45, 2.75) is 6.54 Å². The topological polar surface area (TPSA) is 37.8 Å². The maximum absolute atomic E-state index is 3.94. The normalized spacial score (nSPS) is 10.4. The molecule has 74 valence electrons. The fourth-order valence-electron chi connectivity index (χ4n) is 0.884. The molecule has 0 amide bonds. The van der Waals surface area contributed by atoms with Gasteiger partial charge in [0.2, 0.25) is 5.13 Å². The van der Waals surface area contributed by atoms with Gasteiger partial charge in [-0.15, -0.1) is 21.5 Å². The van der Waals surface area contributed by atoms with Crippen LogP contribution in [0.25, 0.3) is 0 Å². The summed E-state index contributed by atoms with van der Waals surface area (Å²) in [6.45, 7) is 0.778. The van der Waals surface area contributed by atoms with E-state index in [0.29, 0.717) is 0 Å². The molecule has 1 N–H and O–H groups in total. The molecule has 3 nitrogen and oxygen atoms in total. The lowest BCUT2D eigenvalue weighted by Crippen LogP contribution is -1.97. The van der Waals surface area contributed by atoms with Gasteiger partial charge in [-0.05, 0) is 43.3 Å². The lowest BCUT2D eigenvalue weighted by molar-refractivity contribution is 1.04. The minimum atomic E-state index is 0.778. The summed E-state index contributed by atoms with van der Waals surface area (Å²) in [5.41, 5.74) is 0. The Morgan fingerprint density at radius 2 is 2.21 bits per heavy atom. The van der Waals surface area contributed by atoms with Crippen LogP contribution in [0.15, 0.2) is 19.8 Å². The zero-order chi connectivity index (χ0) is 9.97. The van der Waals surface area contributed by atoms with Crippen LogP contribution in [-0.4, -0.2) is 10.2 Å². The van der Waals surface area contributed by atoms with Gasteiger partial charge >= 0.3 is 0 Å². The van der Waals surface area contributed by atoms with Crippen LogP contribution in [0, 0.1) is 0 Å². The number of hydrogen-bond donors (Lipinski definition) is 1. The Labute approximate surface area is 106 Å². The standard InChI is InChI=1S/C7H5Br2N3S2/c8-4-1-2-13-5(4)3-10-7-12-11-6(9)14-7/h1-2H,3H2,(H,10,12). The van der Waals surface area contributed by atoms with Crippen molar-refractivity contribution in [3.63, 3.8) is 0 Å². The van der Waals surface area contributed by atoms with Crippen molar-refractivity contribution >= 4 is 59.7 Å². The first-order chi connectivity index (χ1) is 6.75. The number of hydrogen-bond acceptors (Lipinski definition) is 5. The summed E-state index contributed by atoms with van der Waals surface area (Å²) in [4.78, 5) is 1.26. The SMILES string of the molecule is Brc1nnc(NCc2sccc2Br)s1. The second-order valence-electron chi connectivity index (χ2n) is 2.41. The highest BCUT2D eigenvalue weighted by molar-refractivity contribution is 9.11. The van der Waals surface area contributed by atoms with Crippen molar-refractivity contribution in [1.29, 1.82) is 0 Å². The molecule has 14 heavy (non-hydrogen) atoms. The van der Waals surface area contributed by atoms with Crippen molar-refractivity contribution < 1.29 is 0 Å². The number of thiophene rings is 1. The van der Waals surface area contributed by atoms with Crippen molar-refractivity contribution in [3.05, 3.63) is 24.7 Å². The van der Waals surface area contributed by atoms with Crippen LogP contribution in [0.4, 0.5) is 5.13 Å². The lowest BCUT2D eigenvalue weighted by atomic mass is 10.5. The van der Waals surface area contributed by atoms with Crippen molar-refractivity contribution in [3.8, 4) is 0 Å². The van der Waals surface area contributed by atoms with E-state index >= 15 is 0 Å². The molecule has 0 saturated heterocycles. The van der Waals surface area contributed by atoms with Gasteiger partial charge in [0.15, 0.2) is 3.92 Å². The van der Waals surface area contributed by atoms with Gasteiger partial charge in [-0.1, -0.05) is 11.3 Å². The van der Waals surface area contributed by atoms with E-state index in [4.69, 9.17) is 0 Å². The molecule has 0 aliphatic carbocycles. The molecular formula is C7H5Br2N3S2. The van der Waals surface area contributed by atoms with Crippen molar-refractivity contribution in [1.82, 2.24) is 10.2 Å². The number of halogens is 2. The van der Waals surface area contributed by atoms with Gasteiger partial charge in [-0.3, -0.25) is 0 Å². The Kier molecular flexibility index (Phi) is 3.53. The summed E-state index contributed by atoms with van der Waals surface area (Å²) in [6, 6.07) is 2.04. The lowest BCUT2D eigenvalue weighted by Gasteiger charge is -1.98. The Bertz CT molecular complexity index is 426. The third-order valence-electron chi connectivity index (χ3n) is 1.49. The Hall–Kier alpha value is 0.0200. The molecule has 0 saturated carbocycles. The summed E-state index contributed by atoms with van der Waals surface area (Å²) in [6.07, 6.45) is 0. The maximum atomic E-state index is 3.94. The van der Waals surface area contributed by atoms with E-state index in [1.54, 1.807) is 11.3 Å². The number of nitrogens with one attached hydrogen (secondary N) is 1. The highest BCUT2D eigenvalue weighted by Crippen LogP contribution is 2.25. The molecule has 0 aromatic carbocycles. The number of aromatic nitrogens is 2. The second kappa shape index (κ2) is 4.69. The number of rotatable bonds is 3. The van der Waals surface area contributed by atoms with E-state index in [2.05, 4.69) is 52.8 Å². The predicted molar refractivity (Wildman–Crippen MR) is 67.0 cm³/mol. The van der Waals surface area contributed by atoms with Gasteiger partial charge in [0.25, 0.3) is 0 Å². The third-order valence-corrected chi connectivity index (χ3v) is 4.73. The smallest absolute Gasteiger partial charge is 0.206 e. The summed E-state index contributed by atoms with van der Waals surface area (Å²) in [5.74, 6) is 0. The summed E-state index contributed by atoms with van der Waals surface area (Å²) >= 11 is 9.94. The van der Waals surface area contributed by atoms with Crippen LogP contribution in [0.1, 0.15) is 4.88 Å². The highest BCUT2D eigenvalue weighted by atomic mass is 79.9. The number of anilines is 1. The fourth-order valence-corrected chi connectivity index (χ4v) is 3.32. The Balaban J connectivity index is 1.98. The summed E-state index contributed by atoms with van der Waals surface area (Å²) in [7, 11) is 0. The first kappa shape index (κ1) is 10.5. The fraction of sp³-hybridized carbons (Fsp3) is 0.143. The summed E-state index contributed by atoms with van der Waals surface area (Å²) < 4.78 is 1.93. The van der Waals surface area contributed by atoms with Crippen molar-refractivity contribution in [2.24, 2.45) is 0 Å². The Morgan fingerprint density at radius 3 is 2.79 bits per heavy atom. The molecule has 0 atom stereocenters. The van der Waals surface area contributed by atoms with Gasteiger partial charge in [0, 0.05) is 9.35 Å². The van der Waals surface area contributed by atoms with E-state index in [1.807, 2.05) is 6.07 Å². The van der Waals surface area contributed by atoms with E-state index < -0.39 is 0 Å². The second-order valence-corrected chi connectivity index (χ2v) is 6.51. The molecule has 2 aromatic rings. The molecule has 2 heterocycles. The average Bonchev–Trinajstić information content (AvgIpc) is 2.72. The molecule has 0 aliphatic heterocycles. The molecular weight excluding hydrogens is 350 g/mol. The molecule has 0 bridgehead atoms. The third kappa shape index (κ3) is 2.53. The first-order valence-electron chi connectivity index (χ1n) is 3.70. The van der Waals surface area contributed by atoms with Crippen LogP contribution in [0.2, 0.25) is 0 Å². The van der Waals surface area contributed by atoms with Crippen LogP contribution in [0.3, 0.4) is 0 Å². The van der Waals surface area contributed by atoms with Gasteiger partial charge in [-0.2, -0.15) is 0 Å². The predicted octanol–water partition coefficient (Wildman–Crippen LogP) is 3.74. The largest absolute Gasteiger partial charge is 0.355 e.